The Morgan fingerprint density at radius 2 is 2.42 bits per heavy atom. The molecule has 66 valence electrons. The third-order valence-corrected chi connectivity index (χ3v) is 2.72. The summed E-state index contributed by atoms with van der Waals surface area (Å²) in [5.41, 5.74) is 0. The molecular weight excluding hydrogens is 174 g/mol. The summed E-state index contributed by atoms with van der Waals surface area (Å²) in [5.74, 6) is -0.403. The normalized spacial score (nSPS) is 12.6. The lowest BCUT2D eigenvalue weighted by Crippen LogP contribution is -2.09. The second-order valence-corrected chi connectivity index (χ2v) is 3.79. The van der Waals surface area contributed by atoms with E-state index in [1.807, 2.05) is 13.8 Å². The summed E-state index contributed by atoms with van der Waals surface area (Å²) < 4.78 is 4.62. The van der Waals surface area contributed by atoms with Crippen LogP contribution in [-0.4, -0.2) is 18.1 Å². The molecule has 3 nitrogen and oxygen atoms in total. The topological polar surface area (TPSA) is 39.2 Å². The van der Waals surface area contributed by atoms with Crippen LogP contribution in [-0.2, 0) is 9.53 Å². The minimum absolute atomic E-state index is 0.193. The van der Waals surface area contributed by atoms with E-state index in [2.05, 4.69) is 9.72 Å². The molecule has 1 atom stereocenters. The molecule has 12 heavy (non-hydrogen) atoms. The summed E-state index contributed by atoms with van der Waals surface area (Å²) >= 11 is 1.53. The van der Waals surface area contributed by atoms with Gasteiger partial charge < -0.3 is 4.74 Å². The average Bonchev–Trinajstić information content (AvgIpc) is 2.49. The highest BCUT2D eigenvalue weighted by atomic mass is 32.1. The lowest BCUT2D eigenvalue weighted by Gasteiger charge is -2.04. The van der Waals surface area contributed by atoms with Crippen molar-refractivity contribution >= 4 is 17.3 Å². The minimum Gasteiger partial charge on any atom is -0.469 e. The SMILES string of the molecule is COC(=O)[C@H](C)c1cnc(C)s1. The van der Waals surface area contributed by atoms with Crippen molar-refractivity contribution in [2.75, 3.05) is 7.11 Å². The first kappa shape index (κ1) is 9.19. The monoisotopic (exact) mass is 185 g/mol. The second-order valence-electron chi connectivity index (χ2n) is 2.53. The van der Waals surface area contributed by atoms with Crippen LogP contribution in [0.15, 0.2) is 6.20 Å². The summed E-state index contributed by atoms with van der Waals surface area (Å²) in [5, 5.41) is 0.973. The number of rotatable bonds is 2. The van der Waals surface area contributed by atoms with Gasteiger partial charge in [0.1, 0.15) is 0 Å². The Kier molecular flexibility index (Phi) is 2.81. The molecule has 0 amide bonds. The highest BCUT2D eigenvalue weighted by molar-refractivity contribution is 7.11. The smallest absolute Gasteiger partial charge is 0.313 e. The zero-order valence-electron chi connectivity index (χ0n) is 7.33. The summed E-state index contributed by atoms with van der Waals surface area (Å²) in [6.07, 6.45) is 1.72. The Morgan fingerprint density at radius 3 is 2.83 bits per heavy atom. The van der Waals surface area contributed by atoms with Crippen molar-refractivity contribution < 1.29 is 9.53 Å². The molecule has 0 spiro atoms. The lowest BCUT2D eigenvalue weighted by molar-refractivity contribution is -0.141. The van der Waals surface area contributed by atoms with Crippen molar-refractivity contribution in [1.29, 1.82) is 0 Å². The summed E-state index contributed by atoms with van der Waals surface area (Å²) in [7, 11) is 1.40. The molecule has 0 aliphatic rings. The van der Waals surface area contributed by atoms with Gasteiger partial charge in [0.25, 0.3) is 0 Å². The van der Waals surface area contributed by atoms with Crippen molar-refractivity contribution in [3.8, 4) is 0 Å². The van der Waals surface area contributed by atoms with E-state index in [4.69, 9.17) is 0 Å². The maximum atomic E-state index is 11.1. The molecule has 0 saturated carbocycles. The van der Waals surface area contributed by atoms with Gasteiger partial charge in [0, 0.05) is 11.1 Å². The summed E-state index contributed by atoms with van der Waals surface area (Å²) in [6.45, 7) is 3.73. The maximum Gasteiger partial charge on any atom is 0.313 e. The molecule has 0 aromatic carbocycles. The van der Waals surface area contributed by atoms with Crippen LogP contribution >= 0.6 is 11.3 Å². The van der Waals surface area contributed by atoms with Gasteiger partial charge in [-0.3, -0.25) is 4.79 Å². The van der Waals surface area contributed by atoms with E-state index in [1.165, 1.54) is 18.4 Å². The molecular formula is C8H11NO2S. The third kappa shape index (κ3) is 1.82. The molecule has 0 aliphatic heterocycles. The highest BCUT2D eigenvalue weighted by Gasteiger charge is 2.17. The summed E-state index contributed by atoms with van der Waals surface area (Å²) in [4.78, 5) is 16.1. The van der Waals surface area contributed by atoms with Gasteiger partial charge in [-0.2, -0.15) is 0 Å². The van der Waals surface area contributed by atoms with E-state index in [9.17, 15) is 4.79 Å². The predicted molar refractivity (Wildman–Crippen MR) is 47.3 cm³/mol. The molecule has 1 rings (SSSR count). The van der Waals surface area contributed by atoms with E-state index >= 15 is 0 Å². The fraction of sp³-hybridized carbons (Fsp3) is 0.500. The number of thiazole rings is 1. The number of esters is 1. The Bertz CT molecular complexity index is 282. The van der Waals surface area contributed by atoms with Gasteiger partial charge in [-0.05, 0) is 13.8 Å². The largest absolute Gasteiger partial charge is 0.469 e. The minimum atomic E-state index is -0.210. The van der Waals surface area contributed by atoms with E-state index in [0.29, 0.717) is 0 Å². The molecule has 0 aliphatic carbocycles. The lowest BCUT2D eigenvalue weighted by atomic mass is 10.1. The molecule has 4 heteroatoms. The van der Waals surface area contributed by atoms with Gasteiger partial charge in [0.05, 0.1) is 18.0 Å². The number of nitrogens with zero attached hydrogens (tertiary/aromatic N) is 1. The maximum absolute atomic E-state index is 11.1. The van der Waals surface area contributed by atoms with Gasteiger partial charge in [-0.1, -0.05) is 0 Å². The number of hydrogen-bond donors (Lipinski definition) is 0. The Labute approximate surface area is 75.4 Å². The van der Waals surface area contributed by atoms with Crippen LogP contribution in [0.1, 0.15) is 22.7 Å². The second kappa shape index (κ2) is 3.67. The van der Waals surface area contributed by atoms with Crippen LogP contribution in [0.3, 0.4) is 0 Å². The molecule has 1 aromatic heterocycles. The number of aryl methyl sites for hydroxylation is 1. The first-order valence-corrected chi connectivity index (χ1v) is 4.47. The number of aromatic nitrogens is 1. The molecule has 0 N–H and O–H groups in total. The van der Waals surface area contributed by atoms with E-state index in [0.717, 1.165) is 9.88 Å². The fourth-order valence-corrected chi connectivity index (χ4v) is 1.70. The van der Waals surface area contributed by atoms with Gasteiger partial charge in [-0.25, -0.2) is 4.98 Å². The van der Waals surface area contributed by atoms with Crippen molar-refractivity contribution in [2.24, 2.45) is 0 Å². The van der Waals surface area contributed by atoms with E-state index in [-0.39, 0.29) is 11.9 Å². The number of ether oxygens (including phenoxy) is 1. The fourth-order valence-electron chi connectivity index (χ4n) is 0.871. The zero-order valence-corrected chi connectivity index (χ0v) is 8.14. The highest BCUT2D eigenvalue weighted by Crippen LogP contribution is 2.22. The van der Waals surface area contributed by atoms with Gasteiger partial charge in [-0.15, -0.1) is 11.3 Å². The molecule has 0 saturated heterocycles. The molecule has 0 bridgehead atoms. The first-order valence-electron chi connectivity index (χ1n) is 3.65. The summed E-state index contributed by atoms with van der Waals surface area (Å²) in [6, 6.07) is 0. The quantitative estimate of drug-likeness (QED) is 0.659. The van der Waals surface area contributed by atoms with Crippen LogP contribution in [0, 0.1) is 6.92 Å². The van der Waals surface area contributed by atoms with Gasteiger partial charge in [0.15, 0.2) is 0 Å². The van der Waals surface area contributed by atoms with Crippen molar-refractivity contribution in [3.05, 3.63) is 16.1 Å². The van der Waals surface area contributed by atoms with Crippen LogP contribution in [0.2, 0.25) is 0 Å². The number of hydrogen-bond acceptors (Lipinski definition) is 4. The zero-order chi connectivity index (χ0) is 9.14. The van der Waals surface area contributed by atoms with E-state index in [1.54, 1.807) is 6.20 Å². The molecule has 1 heterocycles. The van der Waals surface area contributed by atoms with Crippen molar-refractivity contribution in [1.82, 2.24) is 4.98 Å². The number of methoxy groups -OCH3 is 1. The van der Waals surface area contributed by atoms with Gasteiger partial charge in [0.2, 0.25) is 0 Å². The first-order chi connectivity index (χ1) is 5.65. The van der Waals surface area contributed by atoms with Gasteiger partial charge >= 0.3 is 5.97 Å². The number of carbonyl (C=O) groups is 1. The van der Waals surface area contributed by atoms with E-state index < -0.39 is 0 Å². The number of carbonyl (C=O) groups excluding carboxylic acids is 1. The standard InChI is InChI=1S/C8H11NO2S/c1-5(8(10)11-3)7-4-9-6(2)12-7/h4-5H,1-3H3/t5-/m1/s1. The van der Waals surface area contributed by atoms with Crippen LogP contribution in [0.25, 0.3) is 0 Å². The van der Waals surface area contributed by atoms with Crippen LogP contribution in [0.5, 0.6) is 0 Å². The Morgan fingerprint density at radius 1 is 1.75 bits per heavy atom. The average molecular weight is 185 g/mol. The molecule has 0 radical (unpaired) electrons. The molecule has 0 fully saturated rings. The third-order valence-electron chi connectivity index (χ3n) is 1.62. The Balaban J connectivity index is 2.77. The molecule has 0 unspecified atom stereocenters. The van der Waals surface area contributed by atoms with Crippen LogP contribution < -0.4 is 0 Å². The van der Waals surface area contributed by atoms with Crippen LogP contribution in [0.4, 0.5) is 0 Å². The Hall–Kier alpha value is -0.900. The predicted octanol–water partition coefficient (Wildman–Crippen LogP) is 1.73. The van der Waals surface area contributed by atoms with Crippen molar-refractivity contribution in [3.63, 3.8) is 0 Å². The molecule has 1 aromatic rings. The van der Waals surface area contributed by atoms with Crippen molar-refractivity contribution in [2.45, 2.75) is 19.8 Å².